The normalized spacial score (nSPS) is 10.8. The summed E-state index contributed by atoms with van der Waals surface area (Å²) in [4.78, 5) is 19.7. The zero-order valence-electron chi connectivity index (χ0n) is 13.4. The fourth-order valence-corrected chi connectivity index (χ4v) is 2.60. The lowest BCUT2D eigenvalue weighted by atomic mass is 10.2. The van der Waals surface area contributed by atoms with Crippen molar-refractivity contribution < 1.29 is 9.53 Å². The molecule has 0 aliphatic carbocycles. The molecule has 0 atom stereocenters. The van der Waals surface area contributed by atoms with Crippen LogP contribution in [0.5, 0.6) is 5.75 Å². The van der Waals surface area contributed by atoms with Gasteiger partial charge in [-0.3, -0.25) is 9.89 Å². The van der Waals surface area contributed by atoms with E-state index < -0.39 is 0 Å². The molecule has 0 unspecified atom stereocenters. The predicted molar refractivity (Wildman–Crippen MR) is 94.6 cm³/mol. The second-order valence-electron chi connectivity index (χ2n) is 5.46. The highest BCUT2D eigenvalue weighted by atomic mass is 16.5. The van der Waals surface area contributed by atoms with Crippen LogP contribution in [0.3, 0.4) is 0 Å². The molecule has 4 aromatic rings. The fourth-order valence-electron chi connectivity index (χ4n) is 2.60. The highest BCUT2D eigenvalue weighted by molar-refractivity contribution is 6.05. The van der Waals surface area contributed by atoms with Gasteiger partial charge in [0, 0.05) is 23.5 Å². The van der Waals surface area contributed by atoms with E-state index in [-0.39, 0.29) is 5.91 Å². The van der Waals surface area contributed by atoms with Crippen molar-refractivity contribution in [2.75, 3.05) is 12.4 Å². The average Bonchev–Trinajstić information content (AvgIpc) is 3.29. The topological polar surface area (TPSA) is 95.7 Å². The van der Waals surface area contributed by atoms with Crippen molar-refractivity contribution in [2.24, 2.45) is 0 Å². The summed E-state index contributed by atoms with van der Waals surface area (Å²) < 4.78 is 5.11. The number of carbonyl (C=O) groups excluding carboxylic acids is 1. The van der Waals surface area contributed by atoms with Gasteiger partial charge in [-0.05, 0) is 42.5 Å². The van der Waals surface area contributed by atoms with Crippen LogP contribution in [0.2, 0.25) is 0 Å². The Morgan fingerprint density at radius 2 is 2.04 bits per heavy atom. The molecule has 1 aromatic carbocycles. The number of aromatic nitrogens is 4. The molecule has 7 heteroatoms. The van der Waals surface area contributed by atoms with Crippen LogP contribution in [0.15, 0.2) is 54.9 Å². The van der Waals surface area contributed by atoms with Gasteiger partial charge in [0.25, 0.3) is 5.91 Å². The second-order valence-corrected chi connectivity index (χ2v) is 5.46. The van der Waals surface area contributed by atoms with E-state index in [1.54, 1.807) is 49.8 Å². The number of ether oxygens (including phenoxy) is 1. The zero-order chi connectivity index (χ0) is 17.2. The molecule has 4 rings (SSSR count). The molecule has 0 saturated carbocycles. The number of nitrogens with one attached hydrogen (secondary N) is 3. The lowest BCUT2D eigenvalue weighted by Gasteiger charge is -2.04. The molecular weight excluding hydrogens is 318 g/mol. The van der Waals surface area contributed by atoms with Crippen LogP contribution in [0, 0.1) is 0 Å². The number of rotatable bonds is 4. The van der Waals surface area contributed by atoms with Crippen LogP contribution in [0.1, 0.15) is 10.4 Å². The van der Waals surface area contributed by atoms with Crippen molar-refractivity contribution in [1.29, 1.82) is 0 Å². The Morgan fingerprint density at radius 3 is 2.84 bits per heavy atom. The lowest BCUT2D eigenvalue weighted by molar-refractivity contribution is 0.102. The summed E-state index contributed by atoms with van der Waals surface area (Å²) in [7, 11) is 1.60. The van der Waals surface area contributed by atoms with Crippen molar-refractivity contribution in [3.8, 4) is 17.1 Å². The maximum absolute atomic E-state index is 12.4. The summed E-state index contributed by atoms with van der Waals surface area (Å²) >= 11 is 0. The molecule has 0 spiro atoms. The van der Waals surface area contributed by atoms with E-state index in [0.717, 1.165) is 22.5 Å². The third-order valence-electron chi connectivity index (χ3n) is 3.89. The molecule has 25 heavy (non-hydrogen) atoms. The SMILES string of the molecule is COc1ccc(NC(=O)c2c[nH]c(-c3[nH]nc4ncccc34)c2)cc1. The molecule has 0 bridgehead atoms. The summed E-state index contributed by atoms with van der Waals surface area (Å²) in [6, 6.07) is 12.7. The number of amides is 1. The first-order chi connectivity index (χ1) is 12.2. The molecule has 0 radical (unpaired) electrons. The summed E-state index contributed by atoms with van der Waals surface area (Å²) in [6.07, 6.45) is 3.35. The zero-order valence-corrected chi connectivity index (χ0v) is 13.4. The molecule has 7 nitrogen and oxygen atoms in total. The first-order valence-corrected chi connectivity index (χ1v) is 7.68. The molecule has 0 aliphatic rings. The molecule has 0 saturated heterocycles. The molecule has 0 aliphatic heterocycles. The van der Waals surface area contributed by atoms with Crippen molar-refractivity contribution in [2.45, 2.75) is 0 Å². The van der Waals surface area contributed by atoms with Gasteiger partial charge in [-0.1, -0.05) is 0 Å². The van der Waals surface area contributed by atoms with Crippen LogP contribution in [0.25, 0.3) is 22.4 Å². The number of pyridine rings is 1. The molecule has 3 N–H and O–H groups in total. The monoisotopic (exact) mass is 333 g/mol. The number of benzene rings is 1. The quantitative estimate of drug-likeness (QED) is 0.534. The number of fused-ring (bicyclic) bond motifs is 1. The minimum atomic E-state index is -0.199. The van der Waals surface area contributed by atoms with Crippen molar-refractivity contribution in [3.05, 3.63) is 60.4 Å². The number of H-pyrrole nitrogens is 2. The van der Waals surface area contributed by atoms with E-state index in [1.807, 2.05) is 12.1 Å². The van der Waals surface area contributed by atoms with Crippen molar-refractivity contribution in [3.63, 3.8) is 0 Å². The Bertz CT molecular complexity index is 1030. The highest BCUT2D eigenvalue weighted by Gasteiger charge is 2.13. The number of nitrogens with zero attached hydrogens (tertiary/aromatic N) is 2. The van der Waals surface area contributed by atoms with E-state index in [1.165, 1.54) is 0 Å². The fraction of sp³-hybridized carbons (Fsp3) is 0.0556. The van der Waals surface area contributed by atoms with E-state index in [9.17, 15) is 4.79 Å². The standard InChI is InChI=1S/C18H15N5O2/c1-25-13-6-4-12(5-7-13)21-18(24)11-9-15(20-10-11)16-14-3-2-8-19-17(14)23-22-16/h2-10,20H,1H3,(H,21,24)(H,19,22,23). The van der Waals surface area contributed by atoms with Gasteiger partial charge in [0.05, 0.1) is 24.1 Å². The van der Waals surface area contributed by atoms with Crippen molar-refractivity contribution >= 4 is 22.6 Å². The summed E-state index contributed by atoms with van der Waals surface area (Å²) in [6.45, 7) is 0. The van der Waals surface area contributed by atoms with Crippen LogP contribution in [0.4, 0.5) is 5.69 Å². The number of hydrogen-bond acceptors (Lipinski definition) is 4. The minimum Gasteiger partial charge on any atom is -0.497 e. The summed E-state index contributed by atoms with van der Waals surface area (Å²) in [5.41, 5.74) is 3.43. The van der Waals surface area contributed by atoms with Gasteiger partial charge in [-0.2, -0.15) is 5.10 Å². The Kier molecular flexibility index (Phi) is 3.66. The first-order valence-electron chi connectivity index (χ1n) is 7.68. The molecule has 0 fully saturated rings. The first kappa shape index (κ1) is 14.9. The molecule has 3 heterocycles. The van der Waals surface area contributed by atoms with Gasteiger partial charge in [0.1, 0.15) is 5.75 Å². The molecule has 124 valence electrons. The Hall–Kier alpha value is -3.61. The Morgan fingerprint density at radius 1 is 1.20 bits per heavy atom. The van der Waals surface area contributed by atoms with Crippen LogP contribution < -0.4 is 10.1 Å². The van der Waals surface area contributed by atoms with Crippen LogP contribution >= 0.6 is 0 Å². The van der Waals surface area contributed by atoms with Gasteiger partial charge < -0.3 is 15.0 Å². The van der Waals surface area contributed by atoms with Gasteiger partial charge in [-0.15, -0.1) is 0 Å². The smallest absolute Gasteiger partial charge is 0.257 e. The van der Waals surface area contributed by atoms with Gasteiger partial charge in [0.2, 0.25) is 0 Å². The Balaban J connectivity index is 1.57. The van der Waals surface area contributed by atoms with Crippen LogP contribution in [-0.4, -0.2) is 33.2 Å². The van der Waals surface area contributed by atoms with E-state index in [2.05, 4.69) is 25.5 Å². The van der Waals surface area contributed by atoms with E-state index in [0.29, 0.717) is 16.9 Å². The van der Waals surface area contributed by atoms with Gasteiger partial charge in [-0.25, -0.2) is 4.98 Å². The molecule has 3 aromatic heterocycles. The second kappa shape index (κ2) is 6.12. The number of aromatic amines is 2. The van der Waals surface area contributed by atoms with Gasteiger partial charge in [0.15, 0.2) is 5.65 Å². The van der Waals surface area contributed by atoms with Gasteiger partial charge >= 0.3 is 0 Å². The Labute approximate surface area is 143 Å². The lowest BCUT2D eigenvalue weighted by Crippen LogP contribution is -2.10. The number of anilines is 1. The largest absolute Gasteiger partial charge is 0.497 e. The van der Waals surface area contributed by atoms with E-state index >= 15 is 0 Å². The average molecular weight is 333 g/mol. The minimum absolute atomic E-state index is 0.199. The third-order valence-corrected chi connectivity index (χ3v) is 3.89. The maximum Gasteiger partial charge on any atom is 0.257 e. The summed E-state index contributed by atoms with van der Waals surface area (Å²) in [5.74, 6) is 0.538. The number of methoxy groups -OCH3 is 1. The van der Waals surface area contributed by atoms with E-state index in [4.69, 9.17) is 4.74 Å². The molecular formula is C18H15N5O2. The van der Waals surface area contributed by atoms with Crippen LogP contribution in [-0.2, 0) is 0 Å². The maximum atomic E-state index is 12.4. The predicted octanol–water partition coefficient (Wildman–Crippen LogP) is 3.21. The number of carbonyl (C=O) groups is 1. The van der Waals surface area contributed by atoms with Crippen molar-refractivity contribution in [1.82, 2.24) is 20.2 Å². The third kappa shape index (κ3) is 2.83. The molecule has 1 amide bonds. The number of hydrogen-bond donors (Lipinski definition) is 3. The summed E-state index contributed by atoms with van der Waals surface area (Å²) in [5, 5.41) is 10.9. The highest BCUT2D eigenvalue weighted by Crippen LogP contribution is 2.25.